The first-order valence-corrected chi connectivity index (χ1v) is 9.80. The molecular weight excluding hydrogens is 399 g/mol. The summed E-state index contributed by atoms with van der Waals surface area (Å²) >= 11 is 13.3. The van der Waals surface area contributed by atoms with E-state index in [0.29, 0.717) is 16.5 Å². The fourth-order valence-corrected chi connectivity index (χ4v) is 5.42. The molecule has 3 atom stereocenters. The number of thioether (sulfide) groups is 1. The maximum atomic E-state index is 12.4. The number of carboxylic acids is 1. The summed E-state index contributed by atoms with van der Waals surface area (Å²) in [6, 6.07) is 3.64. The van der Waals surface area contributed by atoms with Crippen LogP contribution in [-0.2, 0) is 26.7 Å². The van der Waals surface area contributed by atoms with E-state index in [4.69, 9.17) is 23.2 Å². The van der Waals surface area contributed by atoms with Gasteiger partial charge in [0.05, 0.1) is 6.42 Å². The number of nitrogens with one attached hydrogen (secondary N) is 1. The number of carbonyl (C=O) groups is 3. The summed E-state index contributed by atoms with van der Waals surface area (Å²) in [5.74, 6) is -1.40. The molecule has 0 saturated carbocycles. The molecule has 2 N–H and O–H groups in total. The van der Waals surface area contributed by atoms with Crippen molar-refractivity contribution < 1.29 is 19.5 Å². The number of halogens is 2. The number of rotatable bonds is 5. The lowest BCUT2D eigenvalue weighted by atomic mass is 9.96. The Morgan fingerprint density at radius 2 is 2.08 bits per heavy atom. The zero-order chi connectivity index (χ0) is 19.2. The first kappa shape index (κ1) is 19.3. The van der Waals surface area contributed by atoms with Crippen LogP contribution in [0.1, 0.15) is 25.0 Å². The minimum Gasteiger partial charge on any atom is -0.480 e. The molecular formula is C17H18Cl2N2O4S. The summed E-state index contributed by atoms with van der Waals surface area (Å²) in [6.07, 6.45) is 0.0360. The van der Waals surface area contributed by atoms with E-state index in [1.165, 1.54) is 16.7 Å². The fourth-order valence-electron chi connectivity index (χ4n) is 3.36. The lowest BCUT2D eigenvalue weighted by molar-refractivity contribution is -0.161. The topological polar surface area (TPSA) is 86.7 Å². The zero-order valence-corrected chi connectivity index (χ0v) is 16.5. The van der Waals surface area contributed by atoms with E-state index < -0.39 is 22.8 Å². The summed E-state index contributed by atoms with van der Waals surface area (Å²) < 4.78 is -0.619. The van der Waals surface area contributed by atoms with Crippen LogP contribution in [0.4, 0.5) is 0 Å². The van der Waals surface area contributed by atoms with Crippen LogP contribution in [0.15, 0.2) is 18.2 Å². The van der Waals surface area contributed by atoms with Crippen LogP contribution in [0.3, 0.4) is 0 Å². The van der Waals surface area contributed by atoms with Gasteiger partial charge in [0.25, 0.3) is 0 Å². The van der Waals surface area contributed by atoms with Crippen LogP contribution in [-0.4, -0.2) is 50.0 Å². The van der Waals surface area contributed by atoms with Crippen molar-refractivity contribution >= 4 is 52.7 Å². The van der Waals surface area contributed by atoms with Gasteiger partial charge in [-0.25, -0.2) is 4.79 Å². The zero-order valence-electron chi connectivity index (χ0n) is 14.2. The monoisotopic (exact) mass is 416 g/mol. The van der Waals surface area contributed by atoms with Gasteiger partial charge in [-0.15, -0.1) is 23.4 Å². The number of amides is 2. The molecule has 2 fully saturated rings. The minimum absolute atomic E-state index is 0.0360. The molecule has 3 rings (SSSR count). The van der Waals surface area contributed by atoms with Crippen molar-refractivity contribution in [2.45, 2.75) is 48.4 Å². The quantitative estimate of drug-likeness (QED) is 0.567. The SMILES string of the molecule is CC1(C)SC2C(NC(=O)Cc3ccc(CCl)cc3Cl)C(=O)N2C1C(=O)O. The highest BCUT2D eigenvalue weighted by molar-refractivity contribution is 8.01. The fraction of sp³-hybridized carbons (Fsp3) is 0.471. The molecule has 2 saturated heterocycles. The van der Waals surface area contributed by atoms with Gasteiger partial charge in [-0.3, -0.25) is 9.59 Å². The number of nitrogens with zero attached hydrogens (tertiary/aromatic N) is 1. The van der Waals surface area contributed by atoms with Crippen LogP contribution in [0, 0.1) is 0 Å². The van der Waals surface area contributed by atoms with Crippen LogP contribution >= 0.6 is 35.0 Å². The summed E-state index contributed by atoms with van der Waals surface area (Å²) in [5.41, 5.74) is 1.50. The van der Waals surface area contributed by atoms with Gasteiger partial charge in [0, 0.05) is 15.6 Å². The Hall–Kier alpha value is -1.44. The summed E-state index contributed by atoms with van der Waals surface area (Å²) in [6.45, 7) is 3.58. The molecule has 2 amide bonds. The maximum absolute atomic E-state index is 12.4. The smallest absolute Gasteiger partial charge is 0.327 e. The second-order valence-electron chi connectivity index (χ2n) is 6.88. The normalized spacial score (nSPS) is 26.2. The number of alkyl halides is 1. The van der Waals surface area contributed by atoms with Crippen LogP contribution in [0.25, 0.3) is 0 Å². The highest BCUT2D eigenvalue weighted by Crippen LogP contribution is 2.50. The van der Waals surface area contributed by atoms with E-state index in [1.54, 1.807) is 32.0 Å². The minimum atomic E-state index is -1.03. The molecule has 0 spiro atoms. The van der Waals surface area contributed by atoms with Gasteiger partial charge in [0.15, 0.2) is 0 Å². The molecule has 0 aromatic heterocycles. The van der Waals surface area contributed by atoms with E-state index in [1.807, 2.05) is 0 Å². The van der Waals surface area contributed by atoms with Gasteiger partial charge in [0.2, 0.25) is 11.8 Å². The lowest BCUT2D eigenvalue weighted by Crippen LogP contribution is -2.70. The largest absolute Gasteiger partial charge is 0.480 e. The number of hydrogen-bond acceptors (Lipinski definition) is 4. The number of benzene rings is 1. The molecule has 9 heteroatoms. The highest BCUT2D eigenvalue weighted by Gasteiger charge is 2.64. The molecule has 2 aliphatic heterocycles. The number of aliphatic carboxylic acids is 1. The van der Waals surface area contributed by atoms with Crippen LogP contribution < -0.4 is 5.32 Å². The maximum Gasteiger partial charge on any atom is 0.327 e. The van der Waals surface area contributed by atoms with Crippen LogP contribution in [0.2, 0.25) is 5.02 Å². The number of fused-ring (bicyclic) bond motifs is 1. The molecule has 0 radical (unpaired) electrons. The summed E-state index contributed by atoms with van der Waals surface area (Å²) in [5, 5.41) is 12.2. The lowest BCUT2D eigenvalue weighted by Gasteiger charge is -2.43. The number of carbonyl (C=O) groups excluding carboxylic acids is 2. The average Bonchev–Trinajstić information content (AvgIpc) is 2.82. The molecule has 140 valence electrons. The first-order chi connectivity index (χ1) is 12.2. The van der Waals surface area contributed by atoms with E-state index in [9.17, 15) is 19.5 Å². The third-order valence-electron chi connectivity index (χ3n) is 4.61. The molecule has 1 aromatic rings. The van der Waals surface area contributed by atoms with Crippen molar-refractivity contribution in [2.75, 3.05) is 0 Å². The molecule has 0 aliphatic carbocycles. The molecule has 1 aromatic carbocycles. The van der Waals surface area contributed by atoms with Gasteiger partial charge in [-0.1, -0.05) is 23.7 Å². The summed E-state index contributed by atoms with van der Waals surface area (Å²) in [7, 11) is 0. The van der Waals surface area contributed by atoms with Gasteiger partial charge in [0.1, 0.15) is 17.5 Å². The van der Waals surface area contributed by atoms with E-state index >= 15 is 0 Å². The second kappa shape index (κ2) is 6.94. The molecule has 3 unspecified atom stereocenters. The van der Waals surface area contributed by atoms with E-state index in [2.05, 4.69) is 5.32 Å². The predicted octanol–water partition coefficient (Wildman–Crippen LogP) is 2.25. The Labute approximate surface area is 165 Å². The second-order valence-corrected chi connectivity index (χ2v) is 9.32. The summed E-state index contributed by atoms with van der Waals surface area (Å²) in [4.78, 5) is 37.6. The molecule has 0 bridgehead atoms. The van der Waals surface area contributed by atoms with Crippen molar-refractivity contribution in [1.82, 2.24) is 10.2 Å². The Kier molecular flexibility index (Phi) is 5.16. The van der Waals surface area contributed by atoms with E-state index in [0.717, 1.165) is 5.56 Å². The standard InChI is InChI=1S/C17H18Cl2N2O4S/c1-17(2)13(16(24)25)21-14(23)12(15(21)26-17)20-11(22)6-9-4-3-8(7-18)5-10(9)19/h3-5,12-13,15H,6-7H2,1-2H3,(H,20,22)(H,24,25). The number of carboxylic acid groups (broad SMARTS) is 1. The van der Waals surface area contributed by atoms with Gasteiger partial charge >= 0.3 is 5.97 Å². The number of hydrogen-bond donors (Lipinski definition) is 2. The van der Waals surface area contributed by atoms with Crippen molar-refractivity contribution in [3.8, 4) is 0 Å². The first-order valence-electron chi connectivity index (χ1n) is 8.01. The molecule has 2 aliphatic rings. The highest BCUT2D eigenvalue weighted by atomic mass is 35.5. The third kappa shape index (κ3) is 3.28. The molecule has 26 heavy (non-hydrogen) atoms. The third-order valence-corrected chi connectivity index (χ3v) is 6.85. The Balaban J connectivity index is 1.66. The molecule has 2 heterocycles. The van der Waals surface area contributed by atoms with Crippen molar-refractivity contribution in [2.24, 2.45) is 0 Å². The van der Waals surface area contributed by atoms with Crippen molar-refractivity contribution in [3.05, 3.63) is 34.3 Å². The van der Waals surface area contributed by atoms with E-state index in [-0.39, 0.29) is 23.6 Å². The molecule has 6 nitrogen and oxygen atoms in total. The Morgan fingerprint density at radius 3 is 2.65 bits per heavy atom. The Morgan fingerprint density at radius 1 is 1.38 bits per heavy atom. The van der Waals surface area contributed by atoms with Gasteiger partial charge < -0.3 is 15.3 Å². The van der Waals surface area contributed by atoms with Crippen LogP contribution in [0.5, 0.6) is 0 Å². The predicted molar refractivity (Wildman–Crippen MR) is 100 cm³/mol. The van der Waals surface area contributed by atoms with Crippen molar-refractivity contribution in [3.63, 3.8) is 0 Å². The van der Waals surface area contributed by atoms with Gasteiger partial charge in [-0.2, -0.15) is 0 Å². The average molecular weight is 417 g/mol. The van der Waals surface area contributed by atoms with Gasteiger partial charge in [-0.05, 0) is 31.0 Å². The Bertz CT molecular complexity index is 786. The van der Waals surface area contributed by atoms with Crippen molar-refractivity contribution in [1.29, 1.82) is 0 Å². The number of β-lactam (4-membered cyclic amide) rings is 1.